The first-order valence-electron chi connectivity index (χ1n) is 34.7. The molecule has 0 unspecified atom stereocenters. The van der Waals surface area contributed by atoms with Crippen LogP contribution in [0.5, 0.6) is 0 Å². The summed E-state index contributed by atoms with van der Waals surface area (Å²) in [5.74, 6) is -10.7. The predicted molar refractivity (Wildman–Crippen MR) is 365 cm³/mol. The van der Waals surface area contributed by atoms with Crippen molar-refractivity contribution in [2.75, 3.05) is 88.9 Å². The van der Waals surface area contributed by atoms with Crippen LogP contribution in [0.15, 0.2) is 12.2 Å². The van der Waals surface area contributed by atoms with Gasteiger partial charge in [0, 0.05) is 68.1 Å². The number of carbonyl (C=O) groups is 12. The van der Waals surface area contributed by atoms with Crippen molar-refractivity contribution in [1.29, 1.82) is 0 Å². The van der Waals surface area contributed by atoms with Crippen LogP contribution in [0, 0.1) is 35.5 Å². The molecule has 3 rings (SSSR count). The van der Waals surface area contributed by atoms with Gasteiger partial charge in [-0.25, -0.2) is 9.86 Å². The number of rotatable bonds is 20. The third-order valence-electron chi connectivity index (χ3n) is 18.7. The number of nitrogens with one attached hydrogen (secondary N) is 4. The molecule has 0 aromatic carbocycles. The minimum atomic E-state index is -1.41. The van der Waals surface area contributed by atoms with E-state index in [-0.39, 0.29) is 56.5 Å². The number of likely N-dealkylation sites (N-methyl/N-ethyl adjacent to an activating group) is 6. The third-order valence-corrected chi connectivity index (χ3v) is 18.7. The molecule has 0 spiro atoms. The lowest BCUT2D eigenvalue weighted by Gasteiger charge is -2.50. The highest BCUT2D eigenvalue weighted by molar-refractivity contribution is 6.00. The first-order valence-corrected chi connectivity index (χ1v) is 34.7. The summed E-state index contributed by atoms with van der Waals surface area (Å²) in [5, 5.41) is 12.0. The van der Waals surface area contributed by atoms with Gasteiger partial charge in [-0.2, -0.15) is 0 Å². The number of morpholine rings is 1. The van der Waals surface area contributed by atoms with Crippen molar-refractivity contribution in [3.8, 4) is 0 Å². The van der Waals surface area contributed by atoms with Gasteiger partial charge in [-0.3, -0.25) is 62.5 Å². The summed E-state index contributed by atoms with van der Waals surface area (Å²) in [6.07, 6.45) is 2.68. The van der Waals surface area contributed by atoms with Crippen LogP contribution in [0.3, 0.4) is 0 Å². The number of amides is 11. The fraction of sp³-hybridized carbons (Fsp3) is 0.797. The summed E-state index contributed by atoms with van der Waals surface area (Å²) >= 11 is 0. The molecule has 0 aromatic heterocycles. The number of unbranched alkanes of at least 4 members (excludes halogenated alkanes) is 1. The van der Waals surface area contributed by atoms with E-state index >= 15 is 24.0 Å². The lowest BCUT2D eigenvalue weighted by atomic mass is 9.89. The van der Waals surface area contributed by atoms with E-state index in [1.807, 2.05) is 41.5 Å². The van der Waals surface area contributed by atoms with Crippen molar-refractivity contribution in [3.05, 3.63) is 12.2 Å². The average Bonchev–Trinajstić information content (AvgIpc) is 0.754. The molecule has 3 aliphatic rings. The van der Waals surface area contributed by atoms with Crippen LogP contribution >= 0.6 is 0 Å². The molecule has 28 heteroatoms. The zero-order valence-electron chi connectivity index (χ0n) is 62.4. The fourth-order valence-corrected chi connectivity index (χ4v) is 12.5. The number of fused-ring (bicyclic) bond motifs is 1. The Hall–Kier alpha value is -6.78. The number of hydrogen-bond donors (Lipinski definition) is 4. The molecule has 3 saturated heterocycles. The molecule has 0 saturated carbocycles. The van der Waals surface area contributed by atoms with Gasteiger partial charge in [0.25, 0.3) is 5.91 Å². The zero-order chi connectivity index (χ0) is 73.8. The van der Waals surface area contributed by atoms with Gasteiger partial charge >= 0.3 is 5.97 Å². The molecule has 3 fully saturated rings. The van der Waals surface area contributed by atoms with E-state index in [9.17, 15) is 33.6 Å². The van der Waals surface area contributed by atoms with Gasteiger partial charge < -0.3 is 64.9 Å². The van der Waals surface area contributed by atoms with Crippen LogP contribution in [0.1, 0.15) is 156 Å². The van der Waals surface area contributed by atoms with E-state index < -0.39 is 167 Å². The molecule has 0 bridgehead atoms. The fourth-order valence-electron chi connectivity index (χ4n) is 12.5. The van der Waals surface area contributed by atoms with Crippen molar-refractivity contribution < 1.29 is 76.6 Å². The molecule has 0 aromatic rings. The first kappa shape index (κ1) is 84.4. The molecule has 4 N–H and O–H groups in total. The van der Waals surface area contributed by atoms with Crippen molar-refractivity contribution in [3.63, 3.8) is 0 Å². The van der Waals surface area contributed by atoms with Gasteiger partial charge in [-0.1, -0.05) is 89.2 Å². The van der Waals surface area contributed by atoms with E-state index in [4.69, 9.17) is 19.0 Å². The predicted octanol–water partition coefficient (Wildman–Crippen LogP) is 2.61. The number of ether oxygens (including phenoxy) is 3. The number of nitrogens with zero attached hydrogens (tertiary/aromatic N) is 8. The van der Waals surface area contributed by atoms with E-state index in [1.54, 1.807) is 48.5 Å². The molecule has 28 nitrogen and oxygen atoms in total. The molecule has 14 atom stereocenters. The first-order chi connectivity index (χ1) is 45.3. The lowest BCUT2D eigenvalue weighted by Crippen LogP contribution is -2.72. The Morgan fingerprint density at radius 2 is 1.06 bits per heavy atom. The largest absolute Gasteiger partial charge is 0.466 e. The maximum atomic E-state index is 15.2. The summed E-state index contributed by atoms with van der Waals surface area (Å²) in [4.78, 5) is 191. The third kappa shape index (κ3) is 23.2. The number of esters is 1. The standard InChI is InChI=1S/C69H120N12O16/c1-24-49-65(89)74(17)47(15)64(88)79(22)56(48(16)96-33-26-25-30-80-31-34-95-35-32-80)61(85)73-54(42(8)9)68(92)75(18)50(36-39(2)3)60(84)70-45(13)59(83)71-46(14)63(87)76(19)51(37-40(4)5)66(90)77(20)52(38-41(6)7)67(91)78(21)55(43(10)11)69(93)81-57(62(86)72-49)58(97-81)44(12)28-27-29-53(82)94-23/h27,29,39-52,54-58H,24-26,28,30-38H2,1-23H3,(H,70,84)(H,71,83)(H,72,86)(H,73,85)/b29-27+/t44-,45+,46-,47-,48-,49+,50+,51+,52+,54+,55+,56+,57+,58-/m1/s1. The number of methoxy groups -OCH3 is 1. The highest BCUT2D eigenvalue weighted by atomic mass is 16.7. The minimum Gasteiger partial charge on any atom is -0.466 e. The lowest BCUT2D eigenvalue weighted by molar-refractivity contribution is -0.321. The van der Waals surface area contributed by atoms with Gasteiger partial charge in [0.15, 0.2) is 6.04 Å². The zero-order valence-corrected chi connectivity index (χ0v) is 62.4. The molecular weight excluding hydrogens is 1250 g/mol. The van der Waals surface area contributed by atoms with Gasteiger partial charge in [-0.05, 0) is 115 Å². The van der Waals surface area contributed by atoms with Crippen LogP contribution in [-0.2, 0) is 76.6 Å². The number of hydrogen-bond acceptors (Lipinski definition) is 17. The van der Waals surface area contributed by atoms with Crippen molar-refractivity contribution in [1.82, 2.24) is 60.6 Å². The highest BCUT2D eigenvalue weighted by Gasteiger charge is 2.55. The van der Waals surface area contributed by atoms with E-state index in [0.717, 1.165) is 36.0 Å². The van der Waals surface area contributed by atoms with Gasteiger partial charge in [0.2, 0.25) is 59.1 Å². The maximum absolute atomic E-state index is 15.2. The average molecular weight is 1370 g/mol. The second-order valence-corrected chi connectivity index (χ2v) is 28.7. The second kappa shape index (κ2) is 39.1. The molecule has 0 aliphatic carbocycles. The van der Waals surface area contributed by atoms with E-state index in [1.165, 1.54) is 107 Å². The van der Waals surface area contributed by atoms with Crippen LogP contribution in [0.4, 0.5) is 0 Å². The Morgan fingerprint density at radius 1 is 0.546 bits per heavy atom. The molecule has 97 heavy (non-hydrogen) atoms. The molecule has 3 heterocycles. The van der Waals surface area contributed by atoms with Crippen LogP contribution in [0.25, 0.3) is 0 Å². The number of allylic oxidation sites excluding steroid dienone is 1. The monoisotopic (exact) mass is 1370 g/mol. The summed E-state index contributed by atoms with van der Waals surface area (Å²) in [6, 6.07) is -14.0. The SMILES string of the molecule is CC[C@@H]1NC(=O)[C@@H]2[C@@H]([C@H](C)C/C=C/C(=O)OC)ON2C(=O)[C@H](C(C)C)N(C)C(=O)[C@H](CC(C)C)N(C)C(=O)[C@H](CC(C)C)N(C)C(=O)[C@@H](C)NC(=O)[C@H](C)NC(=O)[C@H](CC(C)C)N(C)C(=O)[C@H](C(C)C)NC(=O)[C@H]([C@@H](C)OCCCCN2CCOCC2)N(C)C(=O)[C@@H](C)N(C)C1=O. The summed E-state index contributed by atoms with van der Waals surface area (Å²) in [6.45, 7) is 31.3. The molecule has 11 amide bonds. The van der Waals surface area contributed by atoms with Gasteiger partial charge in [0.1, 0.15) is 66.5 Å². The second-order valence-electron chi connectivity index (χ2n) is 28.7. The minimum absolute atomic E-state index is 0.000153. The Kier molecular flexibility index (Phi) is 34.1. The Bertz CT molecular complexity index is 2720. The number of carbonyl (C=O) groups excluding carboxylic acids is 12. The quantitative estimate of drug-likeness (QED) is 0.0773. The summed E-state index contributed by atoms with van der Waals surface area (Å²) < 4.78 is 16.6. The van der Waals surface area contributed by atoms with Gasteiger partial charge in [-0.15, -0.1) is 0 Å². The van der Waals surface area contributed by atoms with E-state index in [2.05, 4.69) is 26.2 Å². The molecule has 3 aliphatic heterocycles. The van der Waals surface area contributed by atoms with Crippen molar-refractivity contribution >= 4 is 70.9 Å². The Morgan fingerprint density at radius 3 is 1.59 bits per heavy atom. The smallest absolute Gasteiger partial charge is 0.330 e. The molecular formula is C69H120N12O16. The Labute approximate surface area is 576 Å². The number of hydroxylamine groups is 2. The summed E-state index contributed by atoms with van der Waals surface area (Å²) in [7, 11) is 9.74. The van der Waals surface area contributed by atoms with Crippen LogP contribution in [-0.4, -0.2) is 278 Å². The normalized spacial score (nSPS) is 28.0. The summed E-state index contributed by atoms with van der Waals surface area (Å²) in [5.41, 5.74) is 0. The molecule has 552 valence electrons. The van der Waals surface area contributed by atoms with Crippen molar-refractivity contribution in [2.45, 2.75) is 234 Å². The van der Waals surface area contributed by atoms with Crippen LogP contribution < -0.4 is 21.3 Å². The van der Waals surface area contributed by atoms with Gasteiger partial charge in [0.05, 0.1) is 26.4 Å². The van der Waals surface area contributed by atoms with Crippen molar-refractivity contribution in [2.24, 2.45) is 35.5 Å². The van der Waals surface area contributed by atoms with Crippen LogP contribution in [0.2, 0.25) is 0 Å². The highest BCUT2D eigenvalue weighted by Crippen LogP contribution is 2.34. The Balaban J connectivity index is 2.30. The maximum Gasteiger partial charge on any atom is 0.330 e. The van der Waals surface area contributed by atoms with E-state index in [0.29, 0.717) is 19.6 Å². The topological polar surface area (TPSA) is 316 Å². The molecule has 0 radical (unpaired) electrons.